The number of aromatic nitrogens is 2. The van der Waals surface area contributed by atoms with Gasteiger partial charge in [0.15, 0.2) is 0 Å². The number of hydrogen-bond acceptors (Lipinski definition) is 5. The topological polar surface area (TPSA) is 115 Å². The second-order valence-corrected chi connectivity index (χ2v) is 8.62. The Morgan fingerprint density at radius 1 is 1.21 bits per heavy atom. The van der Waals surface area contributed by atoms with Crippen LogP contribution in [0.3, 0.4) is 0 Å². The fourth-order valence-corrected chi connectivity index (χ4v) is 4.73. The third-order valence-corrected chi connectivity index (χ3v) is 6.36. The van der Waals surface area contributed by atoms with Crippen LogP contribution >= 0.6 is 23.2 Å². The number of phenols is 1. The molecule has 0 saturated carbocycles. The summed E-state index contributed by atoms with van der Waals surface area (Å²) < 4.78 is 0. The first-order chi connectivity index (χ1) is 15.8. The number of nitrogens with one attached hydrogen (secondary N) is 2. The van der Waals surface area contributed by atoms with Gasteiger partial charge in [0, 0.05) is 28.0 Å². The molecule has 2 aromatic carbocycles. The van der Waals surface area contributed by atoms with Gasteiger partial charge in [-0.15, -0.1) is 11.6 Å². The summed E-state index contributed by atoms with van der Waals surface area (Å²) in [4.78, 5) is 45.8. The number of rotatable bonds is 3. The summed E-state index contributed by atoms with van der Waals surface area (Å²) in [5, 5.41) is 11.6. The molecular formula is C23H16Cl2N4O4. The van der Waals surface area contributed by atoms with Gasteiger partial charge >= 0.3 is 0 Å². The molecule has 1 fully saturated rings. The molecule has 33 heavy (non-hydrogen) atoms. The van der Waals surface area contributed by atoms with E-state index in [1.54, 1.807) is 36.4 Å². The zero-order chi connectivity index (χ0) is 23.4. The minimum atomic E-state index is -0.961. The molecule has 2 aromatic heterocycles. The number of para-hydroxylation sites is 1. The molecule has 0 bridgehead atoms. The van der Waals surface area contributed by atoms with Crippen molar-refractivity contribution in [1.82, 2.24) is 20.4 Å². The van der Waals surface area contributed by atoms with Crippen molar-refractivity contribution in [2.45, 2.75) is 18.3 Å². The van der Waals surface area contributed by atoms with Crippen LogP contribution < -0.4 is 10.9 Å². The number of carbonyl (C=O) groups is 2. The van der Waals surface area contributed by atoms with E-state index in [0.717, 1.165) is 16.0 Å². The second-order valence-electron chi connectivity index (χ2n) is 7.74. The quantitative estimate of drug-likeness (QED) is 0.178. The number of fused-ring (bicyclic) bond motifs is 3. The molecule has 3 heterocycles. The van der Waals surface area contributed by atoms with Crippen molar-refractivity contribution in [2.24, 2.45) is 0 Å². The van der Waals surface area contributed by atoms with E-state index in [0.29, 0.717) is 21.7 Å². The third kappa shape index (κ3) is 3.30. The molecule has 8 nitrogen and oxygen atoms in total. The molecule has 10 heteroatoms. The summed E-state index contributed by atoms with van der Waals surface area (Å²) in [6, 6.07) is 10.6. The van der Waals surface area contributed by atoms with E-state index in [9.17, 15) is 19.5 Å². The standard InChI is InChI=1S/C23H16Cl2N4O4/c1-10-8-16(24)27-14-7-6-12-19(17(10)14)26-9-13(21(12)31)22(32)28-29-20(18(25)23(29)33)11-4-2-3-5-15(11)30/h2-9,18,20,27,30H,1H3,(H,28,32). The Morgan fingerprint density at radius 2 is 1.97 bits per heavy atom. The van der Waals surface area contributed by atoms with Gasteiger partial charge in [0.2, 0.25) is 5.43 Å². The highest BCUT2D eigenvalue weighted by molar-refractivity contribution is 6.33. The Hall–Kier alpha value is -3.62. The SMILES string of the molecule is Cc1cc(Cl)[nH]c2ccc3c(=O)c(C(=O)NN4C(=O)C(Cl)C4c4ccccc4O)cnc3c12. The van der Waals surface area contributed by atoms with Gasteiger partial charge in [-0.2, -0.15) is 0 Å². The zero-order valence-corrected chi connectivity index (χ0v) is 18.6. The maximum atomic E-state index is 13.1. The number of benzene rings is 2. The van der Waals surface area contributed by atoms with Gasteiger partial charge in [0.05, 0.1) is 5.52 Å². The van der Waals surface area contributed by atoms with Crippen LogP contribution in [0.2, 0.25) is 5.15 Å². The monoisotopic (exact) mass is 482 g/mol. The predicted molar refractivity (Wildman–Crippen MR) is 124 cm³/mol. The van der Waals surface area contributed by atoms with Crippen molar-refractivity contribution in [3.05, 3.63) is 80.7 Å². The van der Waals surface area contributed by atoms with E-state index in [1.807, 2.05) is 6.92 Å². The maximum absolute atomic E-state index is 13.1. The van der Waals surface area contributed by atoms with Crippen LogP contribution in [0.1, 0.15) is 27.5 Å². The van der Waals surface area contributed by atoms with E-state index >= 15 is 0 Å². The lowest BCUT2D eigenvalue weighted by molar-refractivity contribution is -0.149. The summed E-state index contributed by atoms with van der Waals surface area (Å²) >= 11 is 12.2. The molecular weight excluding hydrogens is 467 g/mol. The minimum absolute atomic E-state index is 0.0593. The van der Waals surface area contributed by atoms with Crippen LogP contribution in [-0.4, -0.2) is 37.3 Å². The van der Waals surface area contributed by atoms with Crippen molar-refractivity contribution in [3.63, 3.8) is 0 Å². The summed E-state index contributed by atoms with van der Waals surface area (Å²) in [5.41, 5.74) is 4.05. The first-order valence-electron chi connectivity index (χ1n) is 9.95. The van der Waals surface area contributed by atoms with Crippen molar-refractivity contribution in [2.75, 3.05) is 0 Å². The van der Waals surface area contributed by atoms with Gasteiger partial charge in [0.1, 0.15) is 27.9 Å². The van der Waals surface area contributed by atoms with E-state index < -0.39 is 28.7 Å². The van der Waals surface area contributed by atoms with Crippen molar-refractivity contribution in [1.29, 1.82) is 0 Å². The minimum Gasteiger partial charge on any atom is -0.508 e. The lowest BCUT2D eigenvalue weighted by atomic mass is 9.94. The number of nitrogens with zero attached hydrogens (tertiary/aromatic N) is 2. The molecule has 1 saturated heterocycles. The number of aromatic amines is 1. The zero-order valence-electron chi connectivity index (χ0n) is 17.1. The average molecular weight is 483 g/mol. The number of carbonyl (C=O) groups excluding carboxylic acids is 2. The van der Waals surface area contributed by atoms with Crippen molar-refractivity contribution in [3.8, 4) is 5.75 Å². The molecule has 3 N–H and O–H groups in total. The number of H-pyrrole nitrogens is 1. The number of halogens is 2. The number of aromatic hydroxyl groups is 1. The normalized spacial score (nSPS) is 17.9. The molecule has 2 amide bonds. The number of aryl methyl sites for hydroxylation is 1. The van der Waals surface area contributed by atoms with E-state index in [2.05, 4.69) is 15.4 Å². The Labute approximate surface area is 196 Å². The highest BCUT2D eigenvalue weighted by Gasteiger charge is 2.49. The van der Waals surface area contributed by atoms with Crippen molar-refractivity contribution < 1.29 is 14.7 Å². The summed E-state index contributed by atoms with van der Waals surface area (Å²) in [6.45, 7) is 1.85. The van der Waals surface area contributed by atoms with Gasteiger partial charge in [-0.1, -0.05) is 29.8 Å². The average Bonchev–Trinajstić information content (AvgIpc) is 2.79. The van der Waals surface area contributed by atoms with Crippen molar-refractivity contribution >= 4 is 56.8 Å². The second kappa shape index (κ2) is 7.75. The molecule has 2 unspecified atom stereocenters. The van der Waals surface area contributed by atoms with E-state index in [-0.39, 0.29) is 16.7 Å². The fraction of sp³-hybridized carbons (Fsp3) is 0.130. The Kier molecular flexibility index (Phi) is 4.99. The van der Waals surface area contributed by atoms with E-state index in [1.165, 1.54) is 12.3 Å². The molecule has 1 aliphatic heterocycles. The first-order valence-corrected chi connectivity index (χ1v) is 10.8. The number of β-lactam (4-membered cyclic amide) rings is 1. The molecule has 5 rings (SSSR count). The van der Waals surface area contributed by atoms with Crippen LogP contribution in [0.4, 0.5) is 0 Å². The van der Waals surface area contributed by atoms with Crippen LogP contribution in [0.25, 0.3) is 21.8 Å². The molecule has 2 atom stereocenters. The Morgan fingerprint density at radius 3 is 2.73 bits per heavy atom. The highest BCUT2D eigenvalue weighted by atomic mass is 35.5. The molecule has 166 valence electrons. The largest absolute Gasteiger partial charge is 0.508 e. The van der Waals surface area contributed by atoms with Gasteiger partial charge < -0.3 is 10.1 Å². The number of hydrogen-bond donors (Lipinski definition) is 3. The number of alkyl halides is 1. The van der Waals surface area contributed by atoms with Crippen LogP contribution in [0, 0.1) is 6.92 Å². The van der Waals surface area contributed by atoms with Crippen LogP contribution in [0.5, 0.6) is 5.75 Å². The first kappa shape index (κ1) is 21.2. The van der Waals surface area contributed by atoms with Crippen LogP contribution in [-0.2, 0) is 4.79 Å². The third-order valence-electron chi connectivity index (χ3n) is 5.73. The summed E-state index contributed by atoms with van der Waals surface area (Å²) in [7, 11) is 0. The molecule has 0 spiro atoms. The van der Waals surface area contributed by atoms with Gasteiger partial charge in [0.25, 0.3) is 11.8 Å². The smallest absolute Gasteiger partial charge is 0.275 e. The lowest BCUT2D eigenvalue weighted by Crippen LogP contribution is -2.63. The van der Waals surface area contributed by atoms with E-state index in [4.69, 9.17) is 23.2 Å². The number of hydrazine groups is 1. The Balaban J connectivity index is 1.52. The number of amides is 2. The number of pyridine rings is 2. The molecule has 0 aliphatic carbocycles. The molecule has 4 aromatic rings. The fourth-order valence-electron chi connectivity index (χ4n) is 4.12. The predicted octanol–water partition coefficient (Wildman–Crippen LogP) is 3.58. The lowest BCUT2D eigenvalue weighted by Gasteiger charge is -2.43. The van der Waals surface area contributed by atoms with Gasteiger partial charge in [-0.3, -0.25) is 24.8 Å². The van der Waals surface area contributed by atoms with Gasteiger partial charge in [-0.05, 0) is 36.8 Å². The number of phenolic OH excluding ortho intramolecular Hbond substituents is 1. The van der Waals surface area contributed by atoms with Crippen LogP contribution in [0.15, 0.2) is 53.5 Å². The molecule has 0 radical (unpaired) electrons. The summed E-state index contributed by atoms with van der Waals surface area (Å²) in [6.07, 6.45) is 1.19. The van der Waals surface area contributed by atoms with Gasteiger partial charge in [-0.25, -0.2) is 5.01 Å². The highest BCUT2D eigenvalue weighted by Crippen LogP contribution is 2.40. The maximum Gasteiger partial charge on any atom is 0.275 e. The summed E-state index contributed by atoms with van der Waals surface area (Å²) in [5.74, 6) is -1.41. The molecule has 1 aliphatic rings. The Bertz CT molecular complexity index is 1530.